The second-order valence-corrected chi connectivity index (χ2v) is 4.03. The van der Waals surface area contributed by atoms with Gasteiger partial charge in [0.2, 0.25) is 0 Å². The van der Waals surface area contributed by atoms with Crippen molar-refractivity contribution in [3.05, 3.63) is 29.8 Å². The smallest absolute Gasteiger partial charge is 0.123 e. The van der Waals surface area contributed by atoms with E-state index in [1.54, 1.807) is 0 Å². The van der Waals surface area contributed by atoms with Crippen LogP contribution in [0.2, 0.25) is 0 Å². The van der Waals surface area contributed by atoms with E-state index in [1.165, 1.54) is 0 Å². The molecule has 90 valence electrons. The van der Waals surface area contributed by atoms with Gasteiger partial charge in [-0.1, -0.05) is 32.0 Å². The zero-order valence-corrected chi connectivity index (χ0v) is 10.1. The van der Waals surface area contributed by atoms with Crippen LogP contribution in [0.1, 0.15) is 32.3 Å². The minimum atomic E-state index is -0.734. The Morgan fingerprint density at radius 2 is 1.88 bits per heavy atom. The summed E-state index contributed by atoms with van der Waals surface area (Å²) in [5.74, 6) is 0.769. The minimum Gasteiger partial charge on any atom is -0.490 e. The maximum atomic E-state index is 10.1. The molecule has 1 aromatic rings. The van der Waals surface area contributed by atoms with Crippen molar-refractivity contribution in [2.75, 3.05) is 6.61 Å². The highest BCUT2D eigenvalue weighted by Gasteiger charge is 2.23. The van der Waals surface area contributed by atoms with Crippen molar-refractivity contribution in [2.45, 2.75) is 38.8 Å². The van der Waals surface area contributed by atoms with Gasteiger partial charge < -0.3 is 15.6 Å². The Balaban J connectivity index is 2.67. The van der Waals surface area contributed by atoms with Gasteiger partial charge in [0, 0.05) is 12.1 Å². The zero-order chi connectivity index (χ0) is 12.0. The summed E-state index contributed by atoms with van der Waals surface area (Å²) in [6.07, 6.45) is 1.38. The van der Waals surface area contributed by atoms with Gasteiger partial charge in [0.1, 0.15) is 12.4 Å². The fourth-order valence-corrected chi connectivity index (χ4v) is 1.48. The summed E-state index contributed by atoms with van der Waals surface area (Å²) >= 11 is 0. The molecule has 0 fully saturated rings. The average Bonchev–Trinajstić information content (AvgIpc) is 2.36. The molecule has 0 spiro atoms. The lowest BCUT2D eigenvalue weighted by Crippen LogP contribution is -2.34. The molecule has 3 nitrogen and oxygen atoms in total. The highest BCUT2D eigenvalue weighted by molar-refractivity contribution is 5.33. The van der Waals surface area contributed by atoms with Gasteiger partial charge in [-0.25, -0.2) is 0 Å². The number of benzene rings is 1. The van der Waals surface area contributed by atoms with E-state index in [9.17, 15) is 5.11 Å². The van der Waals surface area contributed by atoms with Crippen molar-refractivity contribution in [1.82, 2.24) is 0 Å². The van der Waals surface area contributed by atoms with Gasteiger partial charge >= 0.3 is 0 Å². The van der Waals surface area contributed by atoms with Crippen molar-refractivity contribution >= 4 is 0 Å². The summed E-state index contributed by atoms with van der Waals surface area (Å²) in [6.45, 7) is 4.69. The first-order valence-corrected chi connectivity index (χ1v) is 5.78. The molecular formula is C13H21NO2. The van der Waals surface area contributed by atoms with E-state index in [4.69, 9.17) is 10.5 Å². The molecule has 3 heteroatoms. The molecule has 0 atom stereocenters. The second kappa shape index (κ2) is 5.87. The molecule has 0 amide bonds. The number of nitrogens with two attached hydrogens (primary N) is 1. The van der Waals surface area contributed by atoms with Gasteiger partial charge in [0.05, 0.1) is 5.60 Å². The van der Waals surface area contributed by atoms with Crippen LogP contribution in [0.4, 0.5) is 0 Å². The van der Waals surface area contributed by atoms with Gasteiger partial charge in [0.25, 0.3) is 0 Å². The minimum absolute atomic E-state index is 0.316. The molecule has 0 aliphatic carbocycles. The van der Waals surface area contributed by atoms with Crippen LogP contribution >= 0.6 is 0 Å². The highest BCUT2D eigenvalue weighted by Crippen LogP contribution is 2.21. The lowest BCUT2D eigenvalue weighted by atomic mass is 9.99. The SMILES string of the molecule is CCC(O)(CC)COc1ccccc1CN. The second-order valence-electron chi connectivity index (χ2n) is 4.03. The van der Waals surface area contributed by atoms with Gasteiger partial charge in [-0.2, -0.15) is 0 Å². The molecule has 0 saturated carbocycles. The number of aliphatic hydroxyl groups is 1. The van der Waals surface area contributed by atoms with Gasteiger partial charge in [-0.05, 0) is 18.9 Å². The standard InChI is InChI=1S/C13H21NO2/c1-3-13(15,4-2)10-16-12-8-6-5-7-11(12)9-14/h5-8,15H,3-4,9-10,14H2,1-2H3. The first-order valence-electron chi connectivity index (χ1n) is 5.78. The Morgan fingerprint density at radius 3 is 2.44 bits per heavy atom. The predicted molar refractivity (Wildman–Crippen MR) is 65.4 cm³/mol. The van der Waals surface area contributed by atoms with E-state index in [0.717, 1.165) is 11.3 Å². The molecule has 1 rings (SSSR count). The molecule has 0 heterocycles. The first-order chi connectivity index (χ1) is 7.65. The maximum Gasteiger partial charge on any atom is 0.123 e. The van der Waals surface area contributed by atoms with E-state index < -0.39 is 5.60 Å². The number of rotatable bonds is 6. The average molecular weight is 223 g/mol. The molecule has 0 saturated heterocycles. The molecule has 0 aliphatic heterocycles. The third-order valence-corrected chi connectivity index (χ3v) is 3.01. The molecule has 0 bridgehead atoms. The largest absolute Gasteiger partial charge is 0.490 e. The van der Waals surface area contributed by atoms with Crippen LogP contribution in [0, 0.1) is 0 Å². The number of hydrogen-bond acceptors (Lipinski definition) is 3. The lowest BCUT2D eigenvalue weighted by Gasteiger charge is -2.25. The molecule has 0 aromatic heterocycles. The fraction of sp³-hybridized carbons (Fsp3) is 0.538. The van der Waals surface area contributed by atoms with Crippen molar-refractivity contribution in [3.8, 4) is 5.75 Å². The third kappa shape index (κ3) is 3.22. The lowest BCUT2D eigenvalue weighted by molar-refractivity contribution is -0.0115. The van der Waals surface area contributed by atoms with Crippen LogP contribution in [-0.2, 0) is 6.54 Å². The van der Waals surface area contributed by atoms with E-state index in [1.807, 2.05) is 38.1 Å². The Morgan fingerprint density at radius 1 is 1.25 bits per heavy atom. The number of para-hydroxylation sites is 1. The monoisotopic (exact) mass is 223 g/mol. The van der Waals surface area contributed by atoms with Crippen molar-refractivity contribution in [1.29, 1.82) is 0 Å². The first kappa shape index (κ1) is 13.0. The molecule has 1 aromatic carbocycles. The normalized spacial score (nSPS) is 11.5. The summed E-state index contributed by atoms with van der Waals surface area (Å²) in [5, 5.41) is 10.1. The van der Waals surface area contributed by atoms with Crippen molar-refractivity contribution in [3.63, 3.8) is 0 Å². The van der Waals surface area contributed by atoms with E-state index >= 15 is 0 Å². The summed E-state index contributed by atoms with van der Waals surface area (Å²) < 4.78 is 5.64. The molecule has 0 aliphatic rings. The Bertz CT molecular complexity index is 321. The Kier molecular flexibility index (Phi) is 4.77. The highest BCUT2D eigenvalue weighted by atomic mass is 16.5. The summed E-state index contributed by atoms with van der Waals surface area (Å²) in [5.41, 5.74) is 5.85. The molecule has 3 N–H and O–H groups in total. The van der Waals surface area contributed by atoms with E-state index in [-0.39, 0.29) is 0 Å². The van der Waals surface area contributed by atoms with Crippen molar-refractivity contribution in [2.24, 2.45) is 5.73 Å². The van der Waals surface area contributed by atoms with Crippen LogP contribution in [-0.4, -0.2) is 17.3 Å². The summed E-state index contributed by atoms with van der Waals surface area (Å²) in [4.78, 5) is 0. The predicted octanol–water partition coefficient (Wildman–Crippen LogP) is 2.08. The van der Waals surface area contributed by atoms with E-state index in [0.29, 0.717) is 26.0 Å². The van der Waals surface area contributed by atoms with Crippen LogP contribution in [0.15, 0.2) is 24.3 Å². The van der Waals surface area contributed by atoms with Crippen LogP contribution < -0.4 is 10.5 Å². The third-order valence-electron chi connectivity index (χ3n) is 3.01. The van der Waals surface area contributed by atoms with Crippen LogP contribution in [0.5, 0.6) is 5.75 Å². The fourth-order valence-electron chi connectivity index (χ4n) is 1.48. The zero-order valence-electron chi connectivity index (χ0n) is 10.1. The molecular weight excluding hydrogens is 202 g/mol. The van der Waals surface area contributed by atoms with Gasteiger partial charge in [0.15, 0.2) is 0 Å². The number of hydrogen-bond donors (Lipinski definition) is 2. The topological polar surface area (TPSA) is 55.5 Å². The van der Waals surface area contributed by atoms with Crippen molar-refractivity contribution < 1.29 is 9.84 Å². The van der Waals surface area contributed by atoms with E-state index in [2.05, 4.69) is 0 Å². The molecule has 0 unspecified atom stereocenters. The Labute approximate surface area is 97.2 Å². The summed E-state index contributed by atoms with van der Waals surface area (Å²) in [7, 11) is 0. The quantitative estimate of drug-likeness (QED) is 0.776. The molecule has 0 radical (unpaired) electrons. The maximum absolute atomic E-state index is 10.1. The molecule has 16 heavy (non-hydrogen) atoms. The van der Waals surface area contributed by atoms with Gasteiger partial charge in [-0.3, -0.25) is 0 Å². The van der Waals surface area contributed by atoms with Crippen LogP contribution in [0.3, 0.4) is 0 Å². The Hall–Kier alpha value is -1.06. The summed E-state index contributed by atoms with van der Waals surface area (Å²) in [6, 6.07) is 7.66. The van der Waals surface area contributed by atoms with Crippen LogP contribution in [0.25, 0.3) is 0 Å². The number of ether oxygens (including phenoxy) is 1. The van der Waals surface area contributed by atoms with Gasteiger partial charge in [-0.15, -0.1) is 0 Å².